The average molecular weight is 349 g/mol. The lowest BCUT2D eigenvalue weighted by Gasteiger charge is -2.12. The maximum absolute atomic E-state index is 11.5. The highest BCUT2D eigenvalue weighted by Crippen LogP contribution is 2.22. The largest absolute Gasteiger partial charge is 0.466 e. The molecular weight excluding hydrogens is 318 g/mol. The number of amides is 1. The third kappa shape index (κ3) is 7.26. The number of hydrogen-bond donors (Lipinski definition) is 0. The molecular formula is C20H31NO4. The molecule has 1 aromatic carbocycles. The summed E-state index contributed by atoms with van der Waals surface area (Å²) >= 11 is 0. The minimum Gasteiger partial charge on any atom is -0.466 e. The number of hydrogen-bond acceptors (Lipinski definition) is 4. The average Bonchev–Trinajstić information content (AvgIpc) is 2.82. The summed E-state index contributed by atoms with van der Waals surface area (Å²) in [5.41, 5.74) is 5.07. The van der Waals surface area contributed by atoms with E-state index in [0.29, 0.717) is 13.0 Å². The smallest absolute Gasteiger partial charge is 0.306 e. The Bertz CT molecular complexity index is 555. The second kappa shape index (κ2) is 11.6. The lowest BCUT2D eigenvalue weighted by molar-refractivity contribution is -0.143. The van der Waals surface area contributed by atoms with Crippen molar-refractivity contribution < 1.29 is 19.1 Å². The SMILES string of the molecule is CCOC.CCOC(=O)CCc1cc2c(cc1C)CCN(C=O)CC2. The Hall–Kier alpha value is -1.88. The van der Waals surface area contributed by atoms with Gasteiger partial charge in [-0.25, -0.2) is 0 Å². The molecule has 0 N–H and O–H groups in total. The number of carbonyl (C=O) groups is 2. The lowest BCUT2D eigenvalue weighted by atomic mass is 9.94. The predicted octanol–water partition coefficient (Wildman–Crippen LogP) is 2.70. The maximum Gasteiger partial charge on any atom is 0.306 e. The number of ether oxygens (including phenoxy) is 2. The molecule has 0 radical (unpaired) electrons. The monoisotopic (exact) mass is 349 g/mol. The molecule has 5 heteroatoms. The summed E-state index contributed by atoms with van der Waals surface area (Å²) in [6.45, 7) is 8.69. The molecule has 1 aromatic rings. The topological polar surface area (TPSA) is 55.8 Å². The second-order valence-corrected chi connectivity index (χ2v) is 6.07. The van der Waals surface area contributed by atoms with Gasteiger partial charge in [0.15, 0.2) is 0 Å². The van der Waals surface area contributed by atoms with E-state index in [9.17, 15) is 9.59 Å². The zero-order valence-electron chi connectivity index (χ0n) is 16.0. The molecule has 1 heterocycles. The summed E-state index contributed by atoms with van der Waals surface area (Å²) in [6.07, 6.45) is 3.87. The number of aryl methyl sites for hydroxylation is 2. The van der Waals surface area contributed by atoms with E-state index in [-0.39, 0.29) is 5.97 Å². The highest BCUT2D eigenvalue weighted by Gasteiger charge is 2.15. The zero-order valence-corrected chi connectivity index (χ0v) is 16.0. The van der Waals surface area contributed by atoms with E-state index in [1.165, 1.54) is 22.3 Å². The fourth-order valence-corrected chi connectivity index (χ4v) is 2.81. The van der Waals surface area contributed by atoms with Gasteiger partial charge in [-0.05, 0) is 62.3 Å². The van der Waals surface area contributed by atoms with Crippen LogP contribution in [-0.2, 0) is 38.3 Å². The molecule has 0 unspecified atom stereocenters. The normalized spacial score (nSPS) is 13.2. The predicted molar refractivity (Wildman–Crippen MR) is 98.7 cm³/mol. The lowest BCUT2D eigenvalue weighted by Crippen LogP contribution is -2.24. The van der Waals surface area contributed by atoms with Gasteiger partial charge in [-0.2, -0.15) is 0 Å². The quantitative estimate of drug-likeness (QED) is 0.585. The van der Waals surface area contributed by atoms with Crippen molar-refractivity contribution in [1.29, 1.82) is 0 Å². The minimum absolute atomic E-state index is 0.140. The Morgan fingerprint density at radius 2 is 1.76 bits per heavy atom. The number of carbonyl (C=O) groups excluding carboxylic acids is 2. The molecule has 0 spiro atoms. The second-order valence-electron chi connectivity index (χ2n) is 6.07. The van der Waals surface area contributed by atoms with E-state index >= 15 is 0 Å². The Labute approximate surface area is 151 Å². The molecule has 1 aliphatic heterocycles. The number of nitrogens with zero attached hydrogens (tertiary/aromatic N) is 1. The summed E-state index contributed by atoms with van der Waals surface area (Å²) in [7, 11) is 1.68. The van der Waals surface area contributed by atoms with Gasteiger partial charge in [-0.1, -0.05) is 12.1 Å². The van der Waals surface area contributed by atoms with Crippen LogP contribution in [-0.4, -0.2) is 50.7 Å². The van der Waals surface area contributed by atoms with Crippen LogP contribution in [0.3, 0.4) is 0 Å². The molecule has 5 nitrogen and oxygen atoms in total. The van der Waals surface area contributed by atoms with Crippen LogP contribution < -0.4 is 0 Å². The Morgan fingerprint density at radius 3 is 2.28 bits per heavy atom. The molecule has 140 valence electrons. The first-order valence-corrected chi connectivity index (χ1v) is 9.00. The van der Waals surface area contributed by atoms with Crippen LogP contribution in [0, 0.1) is 6.92 Å². The van der Waals surface area contributed by atoms with Gasteiger partial charge >= 0.3 is 5.97 Å². The first-order valence-electron chi connectivity index (χ1n) is 9.00. The summed E-state index contributed by atoms with van der Waals surface area (Å²) in [4.78, 5) is 24.2. The number of esters is 1. The van der Waals surface area contributed by atoms with Gasteiger partial charge in [0.05, 0.1) is 6.61 Å². The third-order valence-corrected chi connectivity index (χ3v) is 4.34. The molecule has 1 aliphatic rings. The Balaban J connectivity index is 0.000000705. The van der Waals surface area contributed by atoms with Crippen LogP contribution in [0.15, 0.2) is 12.1 Å². The van der Waals surface area contributed by atoms with Gasteiger partial charge in [0, 0.05) is 33.2 Å². The summed E-state index contributed by atoms with van der Waals surface area (Å²) < 4.78 is 9.52. The van der Waals surface area contributed by atoms with Crippen molar-refractivity contribution in [2.45, 2.75) is 46.5 Å². The fourth-order valence-electron chi connectivity index (χ4n) is 2.81. The van der Waals surface area contributed by atoms with E-state index in [0.717, 1.165) is 45.4 Å². The van der Waals surface area contributed by atoms with Crippen molar-refractivity contribution >= 4 is 12.4 Å². The number of fused-ring (bicyclic) bond motifs is 1. The molecule has 0 saturated carbocycles. The molecule has 0 aromatic heterocycles. The highest BCUT2D eigenvalue weighted by atomic mass is 16.5. The molecule has 1 amide bonds. The van der Waals surface area contributed by atoms with Gasteiger partial charge in [-0.3, -0.25) is 9.59 Å². The van der Waals surface area contributed by atoms with Crippen molar-refractivity contribution in [2.75, 3.05) is 33.4 Å². The van der Waals surface area contributed by atoms with Crippen molar-refractivity contribution in [2.24, 2.45) is 0 Å². The van der Waals surface area contributed by atoms with Gasteiger partial charge in [0.2, 0.25) is 6.41 Å². The first kappa shape index (κ1) is 21.2. The van der Waals surface area contributed by atoms with Crippen molar-refractivity contribution in [3.8, 4) is 0 Å². The summed E-state index contributed by atoms with van der Waals surface area (Å²) in [5, 5.41) is 0. The van der Waals surface area contributed by atoms with Gasteiger partial charge in [0.25, 0.3) is 0 Å². The van der Waals surface area contributed by atoms with Crippen LogP contribution in [0.4, 0.5) is 0 Å². The van der Waals surface area contributed by atoms with Crippen LogP contribution in [0.5, 0.6) is 0 Å². The molecule has 2 rings (SSSR count). The highest BCUT2D eigenvalue weighted by molar-refractivity contribution is 5.69. The van der Waals surface area contributed by atoms with Crippen molar-refractivity contribution in [3.63, 3.8) is 0 Å². The van der Waals surface area contributed by atoms with Crippen LogP contribution in [0.1, 0.15) is 42.5 Å². The van der Waals surface area contributed by atoms with E-state index in [4.69, 9.17) is 4.74 Å². The van der Waals surface area contributed by atoms with Gasteiger partial charge in [0.1, 0.15) is 0 Å². The van der Waals surface area contributed by atoms with Crippen molar-refractivity contribution in [3.05, 3.63) is 34.4 Å². The number of rotatable bonds is 6. The van der Waals surface area contributed by atoms with Crippen LogP contribution in [0.2, 0.25) is 0 Å². The molecule has 0 fully saturated rings. The van der Waals surface area contributed by atoms with Crippen molar-refractivity contribution in [1.82, 2.24) is 4.90 Å². The van der Waals surface area contributed by atoms with Gasteiger partial charge in [-0.15, -0.1) is 0 Å². The van der Waals surface area contributed by atoms with E-state index in [1.807, 2.05) is 18.7 Å². The minimum atomic E-state index is -0.140. The fraction of sp³-hybridized carbons (Fsp3) is 0.600. The molecule has 0 bridgehead atoms. The molecule has 0 aliphatic carbocycles. The Kier molecular flexibility index (Phi) is 9.85. The maximum atomic E-state index is 11.5. The standard InChI is InChI=1S/C17H23NO3.C3H8O/c1-3-21-17(20)5-4-14-11-16-7-9-18(12-19)8-6-15(16)10-13(14)2;1-3-4-2/h10-12H,3-9H2,1-2H3;3H2,1-2H3. The van der Waals surface area contributed by atoms with Crippen LogP contribution in [0.25, 0.3) is 0 Å². The van der Waals surface area contributed by atoms with E-state index < -0.39 is 0 Å². The summed E-state index contributed by atoms with van der Waals surface area (Å²) in [5.74, 6) is -0.140. The van der Waals surface area contributed by atoms with Gasteiger partial charge < -0.3 is 14.4 Å². The zero-order chi connectivity index (χ0) is 18.7. The number of benzene rings is 1. The molecule has 0 saturated heterocycles. The van der Waals surface area contributed by atoms with E-state index in [1.54, 1.807) is 7.11 Å². The Morgan fingerprint density at radius 1 is 1.16 bits per heavy atom. The molecule has 25 heavy (non-hydrogen) atoms. The number of methoxy groups -OCH3 is 1. The third-order valence-electron chi connectivity index (χ3n) is 4.34. The molecule has 0 atom stereocenters. The summed E-state index contributed by atoms with van der Waals surface area (Å²) in [6, 6.07) is 4.42. The van der Waals surface area contributed by atoms with E-state index in [2.05, 4.69) is 23.8 Å². The van der Waals surface area contributed by atoms with Crippen LogP contribution >= 0.6 is 0 Å². The first-order chi connectivity index (χ1) is 12.0.